The van der Waals surface area contributed by atoms with Crippen LogP contribution in [0.15, 0.2) is 0 Å². The molecule has 1 rings (SSSR count). The van der Waals surface area contributed by atoms with Gasteiger partial charge in [0.1, 0.15) is 0 Å². The first kappa shape index (κ1) is 9.01. The topological polar surface area (TPSA) is 158 Å². The van der Waals surface area contributed by atoms with Crippen LogP contribution in [0.3, 0.4) is 0 Å². The van der Waals surface area contributed by atoms with Crippen LogP contribution in [0.25, 0.3) is 0 Å². The van der Waals surface area contributed by atoms with Crippen molar-refractivity contribution in [3.8, 4) is 0 Å². The highest BCUT2D eigenvalue weighted by Crippen LogP contribution is 1.97. The Balaban J connectivity index is 0.000000461. The first-order valence-corrected chi connectivity index (χ1v) is 2.41. The van der Waals surface area contributed by atoms with E-state index < -0.39 is 0 Å². The largest absolute Gasteiger partial charge is 0.368 e. The fourth-order valence-electron chi connectivity index (χ4n) is 0.427. The van der Waals surface area contributed by atoms with Crippen molar-refractivity contribution < 1.29 is 0 Å². The maximum atomic E-state index is 7.50. The minimum Gasteiger partial charge on any atom is -0.368 e. The van der Waals surface area contributed by atoms with Gasteiger partial charge in [0.05, 0.1) is 0 Å². The summed E-state index contributed by atoms with van der Waals surface area (Å²) in [6.07, 6.45) is 0. The Kier molecular flexibility index (Phi) is 3.22. The second kappa shape index (κ2) is 3.93. The first-order chi connectivity index (χ1) is 5.18. The quantitative estimate of drug-likeness (QED) is 0.349. The molecule has 0 aliphatic heterocycles. The summed E-state index contributed by atoms with van der Waals surface area (Å²) in [6, 6.07) is 0. The molecule has 0 saturated carbocycles. The molecule has 0 bridgehead atoms. The average molecular weight is 157 g/mol. The summed E-state index contributed by atoms with van der Waals surface area (Å²) < 4.78 is 0. The molecule has 60 valence electrons. The number of nitroso groups, excluding NO2 is 1. The zero-order valence-electron chi connectivity index (χ0n) is 5.48. The van der Waals surface area contributed by atoms with Crippen molar-refractivity contribution in [3.63, 3.8) is 0 Å². The molecule has 0 atom stereocenters. The van der Waals surface area contributed by atoms with Gasteiger partial charge in [-0.1, -0.05) is 5.59 Å². The molecule has 1 aromatic heterocycles. The Hall–Kier alpha value is -1.99. The van der Waals surface area contributed by atoms with Crippen molar-refractivity contribution in [3.05, 3.63) is 4.91 Å². The van der Waals surface area contributed by atoms with E-state index >= 15 is 0 Å². The van der Waals surface area contributed by atoms with Crippen LogP contribution >= 0.6 is 0 Å². The van der Waals surface area contributed by atoms with Crippen LogP contribution in [0, 0.1) is 10.5 Å². The van der Waals surface area contributed by atoms with E-state index in [1.165, 1.54) is 0 Å². The van der Waals surface area contributed by atoms with E-state index in [1.54, 1.807) is 0 Å². The lowest BCUT2D eigenvalue weighted by Crippen LogP contribution is -2.05. The van der Waals surface area contributed by atoms with Crippen molar-refractivity contribution in [1.82, 2.24) is 15.0 Å². The van der Waals surface area contributed by atoms with Crippen molar-refractivity contribution in [2.75, 3.05) is 17.2 Å². The Morgan fingerprint density at radius 1 is 0.818 bits per heavy atom. The zero-order valence-corrected chi connectivity index (χ0v) is 5.48. The van der Waals surface area contributed by atoms with Gasteiger partial charge < -0.3 is 17.2 Å². The van der Waals surface area contributed by atoms with Crippen LogP contribution in [0.1, 0.15) is 0 Å². The van der Waals surface area contributed by atoms with Gasteiger partial charge in [-0.2, -0.15) is 19.9 Å². The Morgan fingerprint density at radius 2 is 1.00 bits per heavy atom. The van der Waals surface area contributed by atoms with Gasteiger partial charge in [-0.25, -0.2) is 0 Å². The molecule has 8 nitrogen and oxygen atoms in total. The molecule has 0 amide bonds. The van der Waals surface area contributed by atoms with Gasteiger partial charge in [0.15, 0.2) is 0 Å². The summed E-state index contributed by atoms with van der Waals surface area (Å²) in [4.78, 5) is 18.0. The van der Waals surface area contributed by atoms with Crippen molar-refractivity contribution in [1.29, 1.82) is 5.59 Å². The lowest BCUT2D eigenvalue weighted by Gasteiger charge is -1.93. The van der Waals surface area contributed by atoms with Crippen LogP contribution < -0.4 is 17.2 Å². The number of hydrogen-bond acceptors (Lipinski definition) is 8. The third kappa shape index (κ3) is 2.89. The smallest absolute Gasteiger partial charge is 0.226 e. The summed E-state index contributed by atoms with van der Waals surface area (Å²) in [5, 5.41) is 0. The van der Waals surface area contributed by atoms with Gasteiger partial charge in [0, 0.05) is 0 Å². The van der Waals surface area contributed by atoms with Crippen LogP contribution in [-0.2, 0) is 0 Å². The van der Waals surface area contributed by atoms with E-state index in [1.807, 2.05) is 0 Å². The van der Waals surface area contributed by atoms with Gasteiger partial charge >= 0.3 is 0 Å². The Labute approximate surface area is 61.6 Å². The van der Waals surface area contributed by atoms with Gasteiger partial charge in [0.2, 0.25) is 17.8 Å². The molecule has 0 radical (unpaired) electrons. The molecule has 0 aromatic carbocycles. The predicted octanol–water partition coefficient (Wildman–Crippen LogP) is -1.05. The van der Waals surface area contributed by atoms with E-state index in [-0.39, 0.29) is 17.8 Å². The summed E-state index contributed by atoms with van der Waals surface area (Å²) in [5.41, 5.74) is 19.9. The van der Waals surface area contributed by atoms with Crippen LogP contribution in [0.4, 0.5) is 17.8 Å². The molecule has 0 saturated heterocycles. The number of nitrogen functional groups attached to an aromatic ring is 3. The van der Waals surface area contributed by atoms with Gasteiger partial charge in [-0.05, 0) is 0 Å². The zero-order chi connectivity index (χ0) is 8.85. The minimum atomic E-state index is 0.0417. The van der Waals surface area contributed by atoms with E-state index in [9.17, 15) is 0 Å². The molecule has 8 heteroatoms. The second-order valence-corrected chi connectivity index (χ2v) is 1.41. The fraction of sp³-hybridized carbons (Fsp3) is 0. The molecule has 1 heterocycles. The highest BCUT2D eigenvalue weighted by molar-refractivity contribution is 5.33. The minimum absolute atomic E-state index is 0.0417. The summed E-state index contributed by atoms with van der Waals surface area (Å²) in [5.74, 6) is 0.125. The molecule has 0 fully saturated rings. The lowest BCUT2D eigenvalue weighted by molar-refractivity contribution is 1.09. The first-order valence-electron chi connectivity index (χ1n) is 2.41. The normalized spacial score (nSPS) is 8.00. The predicted molar refractivity (Wildman–Crippen MR) is 39.2 cm³/mol. The Bertz CT molecular complexity index is 187. The monoisotopic (exact) mass is 157 g/mol. The SMILES string of the molecule is N=O.Nc1nc(N)nc(N)n1. The van der Waals surface area contributed by atoms with Gasteiger partial charge in [0.25, 0.3) is 0 Å². The fourth-order valence-corrected chi connectivity index (χ4v) is 0.427. The summed E-state index contributed by atoms with van der Waals surface area (Å²) in [7, 11) is 0. The average Bonchev–Trinajstić information content (AvgIpc) is 1.88. The molecule has 7 N–H and O–H groups in total. The number of hydrogen-bond donors (Lipinski definition) is 4. The van der Waals surface area contributed by atoms with Crippen LogP contribution in [-0.4, -0.2) is 15.0 Å². The van der Waals surface area contributed by atoms with Crippen LogP contribution in [0.2, 0.25) is 0 Å². The molecular formula is C3H7N7O. The van der Waals surface area contributed by atoms with Crippen molar-refractivity contribution in [2.45, 2.75) is 0 Å². The third-order valence-corrected chi connectivity index (χ3v) is 0.687. The summed E-state index contributed by atoms with van der Waals surface area (Å²) >= 11 is 0. The standard InChI is InChI=1S/C3H6N6.HNO/c4-1-7-2(5)9-3(6)8-1;1-2/h(H6,4,5,6,7,8,9);1H. The van der Waals surface area contributed by atoms with E-state index in [0.717, 1.165) is 0 Å². The van der Waals surface area contributed by atoms with Crippen molar-refractivity contribution >= 4 is 17.8 Å². The number of nitrogens with zero attached hydrogens (tertiary/aromatic N) is 3. The number of nitrogens with one attached hydrogen (secondary N) is 1. The van der Waals surface area contributed by atoms with Gasteiger partial charge in [-0.15, -0.1) is 0 Å². The number of nitrogens with two attached hydrogens (primary N) is 3. The number of rotatable bonds is 0. The third-order valence-electron chi connectivity index (χ3n) is 0.687. The maximum absolute atomic E-state index is 7.50. The highest BCUT2D eigenvalue weighted by atomic mass is 16.2. The van der Waals surface area contributed by atoms with E-state index in [0.29, 0.717) is 0 Å². The molecule has 1 aromatic rings. The highest BCUT2D eigenvalue weighted by Gasteiger charge is 1.93. The molecule has 0 aliphatic carbocycles. The molecule has 11 heavy (non-hydrogen) atoms. The van der Waals surface area contributed by atoms with E-state index in [2.05, 4.69) is 20.5 Å². The molecule has 0 spiro atoms. The summed E-state index contributed by atoms with van der Waals surface area (Å²) in [6.45, 7) is 0. The number of anilines is 3. The maximum Gasteiger partial charge on any atom is 0.226 e. The van der Waals surface area contributed by atoms with Crippen LogP contribution in [0.5, 0.6) is 0 Å². The second-order valence-electron chi connectivity index (χ2n) is 1.41. The lowest BCUT2D eigenvalue weighted by atomic mass is 10.9. The van der Waals surface area contributed by atoms with Gasteiger partial charge in [-0.3, -0.25) is 0 Å². The molecule has 0 unspecified atom stereocenters. The number of aromatic nitrogens is 3. The molecule has 0 aliphatic rings. The van der Waals surface area contributed by atoms with Crippen molar-refractivity contribution in [2.24, 2.45) is 0 Å². The van der Waals surface area contributed by atoms with E-state index in [4.69, 9.17) is 22.1 Å². The Morgan fingerprint density at radius 3 is 1.18 bits per heavy atom. The molecular weight excluding hydrogens is 150 g/mol.